The molecule has 0 bridgehead atoms. The number of rotatable bonds is 3. The fraction of sp³-hybridized carbons (Fsp3) is 0.312. The van der Waals surface area contributed by atoms with E-state index in [2.05, 4.69) is 10.5 Å². The number of hydrogen-bond acceptors (Lipinski definition) is 4. The van der Waals surface area contributed by atoms with Crippen LogP contribution in [0.4, 0.5) is 10.6 Å². The molecule has 2 aromatic rings. The van der Waals surface area contributed by atoms with Gasteiger partial charge in [-0.05, 0) is 12.8 Å². The van der Waals surface area contributed by atoms with Gasteiger partial charge in [-0.3, -0.25) is 10.1 Å². The maximum Gasteiger partial charge on any atom is 0.323 e. The van der Waals surface area contributed by atoms with Gasteiger partial charge in [-0.1, -0.05) is 35.5 Å². The summed E-state index contributed by atoms with van der Waals surface area (Å²) in [6.07, 6.45) is 1.28. The summed E-state index contributed by atoms with van der Waals surface area (Å²) >= 11 is 0. The minimum Gasteiger partial charge on any atom is -0.481 e. The number of carboxylic acids is 1. The quantitative estimate of drug-likeness (QED) is 0.908. The molecule has 23 heavy (non-hydrogen) atoms. The number of hydrogen-bond donors (Lipinski definition) is 2. The summed E-state index contributed by atoms with van der Waals surface area (Å²) in [5, 5.41) is 15.6. The average Bonchev–Trinajstić information content (AvgIpc) is 3.04. The van der Waals surface area contributed by atoms with Crippen molar-refractivity contribution in [3.63, 3.8) is 0 Å². The van der Waals surface area contributed by atoms with Crippen LogP contribution in [-0.4, -0.2) is 40.3 Å². The van der Waals surface area contributed by atoms with E-state index < -0.39 is 11.9 Å². The summed E-state index contributed by atoms with van der Waals surface area (Å²) in [7, 11) is 0. The number of nitrogens with one attached hydrogen (secondary N) is 1. The van der Waals surface area contributed by atoms with Crippen molar-refractivity contribution in [3.8, 4) is 11.3 Å². The van der Waals surface area contributed by atoms with E-state index in [-0.39, 0.29) is 12.6 Å². The van der Waals surface area contributed by atoms with Crippen LogP contribution >= 0.6 is 0 Å². The molecule has 0 saturated carbocycles. The van der Waals surface area contributed by atoms with Gasteiger partial charge in [0.1, 0.15) is 0 Å². The lowest BCUT2D eigenvalue weighted by Gasteiger charge is -2.30. The number of piperidine rings is 1. The number of carbonyl (C=O) groups excluding carboxylic acids is 1. The highest BCUT2D eigenvalue weighted by Crippen LogP contribution is 2.23. The summed E-state index contributed by atoms with van der Waals surface area (Å²) in [4.78, 5) is 24.8. The molecule has 1 aromatic carbocycles. The molecule has 3 rings (SSSR count). The van der Waals surface area contributed by atoms with Crippen LogP contribution in [0.3, 0.4) is 0 Å². The van der Waals surface area contributed by atoms with Gasteiger partial charge in [0.25, 0.3) is 0 Å². The summed E-state index contributed by atoms with van der Waals surface area (Å²) in [6.45, 7) is 0.754. The van der Waals surface area contributed by atoms with E-state index in [0.717, 1.165) is 5.56 Å². The number of aromatic nitrogens is 1. The lowest BCUT2D eigenvalue weighted by molar-refractivity contribution is -0.143. The van der Waals surface area contributed by atoms with Crippen LogP contribution in [0.25, 0.3) is 11.3 Å². The van der Waals surface area contributed by atoms with Gasteiger partial charge in [-0.2, -0.15) is 0 Å². The summed E-state index contributed by atoms with van der Waals surface area (Å²) in [6, 6.07) is 10.7. The third-order valence-electron chi connectivity index (χ3n) is 3.86. The Hall–Kier alpha value is -2.83. The van der Waals surface area contributed by atoms with Crippen molar-refractivity contribution in [1.29, 1.82) is 0 Å². The van der Waals surface area contributed by atoms with Crippen LogP contribution < -0.4 is 5.32 Å². The molecule has 2 N–H and O–H groups in total. The van der Waals surface area contributed by atoms with Crippen molar-refractivity contribution in [2.75, 3.05) is 18.4 Å². The minimum atomic E-state index is -0.865. The number of carboxylic acid groups (broad SMARTS) is 1. The van der Waals surface area contributed by atoms with Gasteiger partial charge in [0.2, 0.25) is 0 Å². The lowest BCUT2D eigenvalue weighted by Crippen LogP contribution is -2.44. The highest BCUT2D eigenvalue weighted by Gasteiger charge is 2.28. The second-order valence-corrected chi connectivity index (χ2v) is 5.50. The molecular formula is C16H17N3O4. The van der Waals surface area contributed by atoms with Crippen molar-refractivity contribution in [3.05, 3.63) is 36.4 Å². The van der Waals surface area contributed by atoms with Crippen LogP contribution in [-0.2, 0) is 4.79 Å². The monoisotopic (exact) mass is 315 g/mol. The van der Waals surface area contributed by atoms with Gasteiger partial charge in [0.05, 0.1) is 5.92 Å². The Labute approximate surface area is 132 Å². The van der Waals surface area contributed by atoms with E-state index in [4.69, 9.17) is 9.63 Å². The van der Waals surface area contributed by atoms with Crippen LogP contribution in [0.15, 0.2) is 40.9 Å². The molecule has 1 saturated heterocycles. The Bertz CT molecular complexity index is 698. The van der Waals surface area contributed by atoms with Gasteiger partial charge >= 0.3 is 12.0 Å². The Kier molecular flexibility index (Phi) is 4.27. The summed E-state index contributed by atoms with van der Waals surface area (Å²) < 4.78 is 5.22. The molecule has 1 aliphatic heterocycles. The summed E-state index contributed by atoms with van der Waals surface area (Å²) in [5.41, 5.74) is 0.865. The second kappa shape index (κ2) is 6.51. The fourth-order valence-corrected chi connectivity index (χ4v) is 2.62. The molecule has 0 radical (unpaired) electrons. The topological polar surface area (TPSA) is 95.7 Å². The van der Waals surface area contributed by atoms with E-state index >= 15 is 0 Å². The smallest absolute Gasteiger partial charge is 0.323 e. The third kappa shape index (κ3) is 3.50. The summed E-state index contributed by atoms with van der Waals surface area (Å²) in [5.74, 6) is -0.503. The predicted octanol–water partition coefficient (Wildman–Crippen LogP) is 2.67. The number of nitrogens with zero attached hydrogens (tertiary/aromatic N) is 2. The molecule has 1 fully saturated rings. The first-order valence-corrected chi connectivity index (χ1v) is 7.44. The van der Waals surface area contributed by atoms with Crippen LogP contribution in [0, 0.1) is 5.92 Å². The molecule has 2 heterocycles. The molecule has 1 aromatic heterocycles. The Balaban J connectivity index is 1.64. The normalized spacial score (nSPS) is 17.7. The molecule has 2 amide bonds. The zero-order valence-electron chi connectivity index (χ0n) is 12.4. The van der Waals surface area contributed by atoms with E-state index in [1.165, 1.54) is 4.90 Å². The number of urea groups is 1. The largest absolute Gasteiger partial charge is 0.481 e. The predicted molar refractivity (Wildman–Crippen MR) is 82.9 cm³/mol. The zero-order chi connectivity index (χ0) is 16.2. The zero-order valence-corrected chi connectivity index (χ0v) is 12.4. The van der Waals surface area contributed by atoms with E-state index in [1.807, 2.05) is 30.3 Å². The molecule has 7 nitrogen and oxygen atoms in total. The van der Waals surface area contributed by atoms with Crippen molar-refractivity contribution < 1.29 is 19.2 Å². The van der Waals surface area contributed by atoms with Crippen molar-refractivity contribution in [1.82, 2.24) is 10.1 Å². The minimum absolute atomic E-state index is 0.213. The molecule has 1 atom stereocenters. The van der Waals surface area contributed by atoms with E-state index in [9.17, 15) is 9.59 Å². The Morgan fingerprint density at radius 3 is 2.83 bits per heavy atom. The second-order valence-electron chi connectivity index (χ2n) is 5.50. The Morgan fingerprint density at radius 1 is 1.30 bits per heavy atom. The van der Waals surface area contributed by atoms with Gasteiger partial charge < -0.3 is 14.5 Å². The molecular weight excluding hydrogens is 298 g/mol. The first kappa shape index (κ1) is 15.1. The maximum atomic E-state index is 12.2. The highest BCUT2D eigenvalue weighted by molar-refractivity contribution is 5.89. The van der Waals surface area contributed by atoms with Gasteiger partial charge in [-0.25, -0.2) is 4.79 Å². The lowest BCUT2D eigenvalue weighted by atomic mass is 9.99. The van der Waals surface area contributed by atoms with Crippen LogP contribution in [0.1, 0.15) is 12.8 Å². The first-order valence-electron chi connectivity index (χ1n) is 7.44. The van der Waals surface area contributed by atoms with Crippen molar-refractivity contribution in [2.45, 2.75) is 12.8 Å². The molecule has 120 valence electrons. The third-order valence-corrected chi connectivity index (χ3v) is 3.86. The van der Waals surface area contributed by atoms with Crippen molar-refractivity contribution in [2.24, 2.45) is 5.92 Å². The highest BCUT2D eigenvalue weighted by atomic mass is 16.5. The van der Waals surface area contributed by atoms with Crippen LogP contribution in [0.5, 0.6) is 0 Å². The average molecular weight is 315 g/mol. The van der Waals surface area contributed by atoms with Gasteiger partial charge in [0.15, 0.2) is 11.6 Å². The number of carbonyl (C=O) groups is 2. The van der Waals surface area contributed by atoms with Crippen molar-refractivity contribution >= 4 is 17.8 Å². The SMILES string of the molecule is O=C(O)C1CCCN(C(=O)Nc2cc(-c3ccccc3)on2)C1. The number of amides is 2. The number of likely N-dealkylation sites (tertiary alicyclic amines) is 1. The van der Waals surface area contributed by atoms with Gasteiger partial charge in [0, 0.05) is 24.7 Å². The van der Waals surface area contributed by atoms with E-state index in [0.29, 0.717) is 31.0 Å². The number of anilines is 1. The fourth-order valence-electron chi connectivity index (χ4n) is 2.62. The number of aliphatic carboxylic acids is 1. The molecule has 0 aliphatic carbocycles. The number of benzene rings is 1. The molecule has 7 heteroatoms. The molecule has 1 aliphatic rings. The molecule has 1 unspecified atom stereocenters. The van der Waals surface area contributed by atoms with Crippen LogP contribution in [0.2, 0.25) is 0 Å². The Morgan fingerprint density at radius 2 is 2.09 bits per heavy atom. The maximum absolute atomic E-state index is 12.2. The first-order chi connectivity index (χ1) is 11.1. The van der Waals surface area contributed by atoms with Gasteiger partial charge in [-0.15, -0.1) is 0 Å². The molecule has 0 spiro atoms. The standard InChI is InChI=1S/C16H17N3O4/c20-15(21)12-7-4-8-19(10-12)16(22)17-14-9-13(23-18-14)11-5-2-1-3-6-11/h1-3,5-6,9,12H,4,7-8,10H2,(H,20,21)(H,17,18,22). The van der Waals surface area contributed by atoms with E-state index in [1.54, 1.807) is 6.07 Å².